The first kappa shape index (κ1) is 13.5. The maximum absolute atomic E-state index is 12.1. The first-order chi connectivity index (χ1) is 9.13. The SMILES string of the molecule is CCCC(CN)NC(=O)c1ccc2c(c1)NC(=O)C2. The van der Waals surface area contributed by atoms with E-state index in [9.17, 15) is 9.59 Å². The molecule has 0 fully saturated rings. The van der Waals surface area contributed by atoms with Crippen molar-refractivity contribution in [1.82, 2.24) is 5.32 Å². The second kappa shape index (κ2) is 5.84. The van der Waals surface area contributed by atoms with Crippen molar-refractivity contribution in [2.75, 3.05) is 11.9 Å². The largest absolute Gasteiger partial charge is 0.348 e. The van der Waals surface area contributed by atoms with Crippen LogP contribution in [-0.2, 0) is 11.2 Å². The van der Waals surface area contributed by atoms with Gasteiger partial charge in [0.15, 0.2) is 0 Å². The molecule has 0 saturated carbocycles. The van der Waals surface area contributed by atoms with Crippen molar-refractivity contribution in [2.45, 2.75) is 32.2 Å². The maximum atomic E-state index is 12.1. The van der Waals surface area contributed by atoms with E-state index >= 15 is 0 Å². The highest BCUT2D eigenvalue weighted by atomic mass is 16.2. The molecule has 2 amide bonds. The van der Waals surface area contributed by atoms with Crippen molar-refractivity contribution in [3.63, 3.8) is 0 Å². The molecule has 2 rings (SSSR count). The van der Waals surface area contributed by atoms with Crippen molar-refractivity contribution in [3.05, 3.63) is 29.3 Å². The number of carbonyl (C=O) groups is 2. The number of nitrogens with two attached hydrogens (primary N) is 1. The molecule has 1 heterocycles. The highest BCUT2D eigenvalue weighted by Gasteiger charge is 2.19. The molecule has 19 heavy (non-hydrogen) atoms. The summed E-state index contributed by atoms with van der Waals surface area (Å²) in [5.41, 5.74) is 7.84. The lowest BCUT2D eigenvalue weighted by molar-refractivity contribution is -0.115. The molecule has 1 atom stereocenters. The summed E-state index contributed by atoms with van der Waals surface area (Å²) in [5, 5.41) is 5.65. The highest BCUT2D eigenvalue weighted by molar-refractivity contribution is 6.02. The molecular formula is C14H19N3O2. The number of hydrogen-bond acceptors (Lipinski definition) is 3. The fraction of sp³-hybridized carbons (Fsp3) is 0.429. The summed E-state index contributed by atoms with van der Waals surface area (Å²) in [6.07, 6.45) is 2.23. The van der Waals surface area contributed by atoms with E-state index in [0.29, 0.717) is 18.5 Å². The standard InChI is InChI=1S/C14H19N3O2/c1-2-3-11(8-15)16-14(19)10-5-4-9-7-13(18)17-12(9)6-10/h4-6,11H,2-3,7-8,15H2,1H3,(H,16,19)(H,17,18). The lowest BCUT2D eigenvalue weighted by atomic mass is 10.1. The lowest BCUT2D eigenvalue weighted by Gasteiger charge is -2.16. The first-order valence-corrected chi connectivity index (χ1v) is 6.57. The van der Waals surface area contributed by atoms with E-state index in [4.69, 9.17) is 5.73 Å². The summed E-state index contributed by atoms with van der Waals surface area (Å²) in [7, 11) is 0. The summed E-state index contributed by atoms with van der Waals surface area (Å²) in [6.45, 7) is 2.49. The molecule has 1 aliphatic rings. The second-order valence-corrected chi connectivity index (χ2v) is 4.79. The maximum Gasteiger partial charge on any atom is 0.251 e. The van der Waals surface area contributed by atoms with Crippen molar-refractivity contribution in [3.8, 4) is 0 Å². The van der Waals surface area contributed by atoms with Crippen molar-refractivity contribution in [2.24, 2.45) is 5.73 Å². The molecule has 102 valence electrons. The second-order valence-electron chi connectivity index (χ2n) is 4.79. The van der Waals surface area contributed by atoms with E-state index in [0.717, 1.165) is 24.1 Å². The Labute approximate surface area is 112 Å². The van der Waals surface area contributed by atoms with Crippen LogP contribution in [0.15, 0.2) is 18.2 Å². The van der Waals surface area contributed by atoms with Crippen LogP contribution in [0.2, 0.25) is 0 Å². The van der Waals surface area contributed by atoms with Gasteiger partial charge in [0.2, 0.25) is 5.91 Å². The van der Waals surface area contributed by atoms with Gasteiger partial charge in [0.25, 0.3) is 5.91 Å². The fourth-order valence-electron chi connectivity index (χ4n) is 2.22. The molecule has 0 aliphatic carbocycles. The number of rotatable bonds is 5. The molecule has 0 saturated heterocycles. The summed E-state index contributed by atoms with van der Waals surface area (Å²) < 4.78 is 0. The van der Waals surface area contributed by atoms with Gasteiger partial charge < -0.3 is 16.4 Å². The zero-order valence-electron chi connectivity index (χ0n) is 11.0. The van der Waals surface area contributed by atoms with Crippen LogP contribution in [0.3, 0.4) is 0 Å². The summed E-state index contributed by atoms with van der Waals surface area (Å²) in [5.74, 6) is -0.175. The van der Waals surface area contributed by atoms with Crippen molar-refractivity contribution >= 4 is 17.5 Å². The third kappa shape index (κ3) is 3.12. The Balaban J connectivity index is 2.08. The Hall–Kier alpha value is -1.88. The zero-order valence-corrected chi connectivity index (χ0v) is 11.0. The minimum Gasteiger partial charge on any atom is -0.348 e. The number of carbonyl (C=O) groups excluding carboxylic acids is 2. The van der Waals surface area contributed by atoms with E-state index < -0.39 is 0 Å². The van der Waals surface area contributed by atoms with E-state index in [1.807, 2.05) is 6.07 Å². The van der Waals surface area contributed by atoms with Gasteiger partial charge in [-0.15, -0.1) is 0 Å². The number of nitrogens with one attached hydrogen (secondary N) is 2. The Morgan fingerprint density at radius 1 is 1.53 bits per heavy atom. The summed E-state index contributed by atoms with van der Waals surface area (Å²) >= 11 is 0. The van der Waals surface area contributed by atoms with Gasteiger partial charge in [-0.05, 0) is 24.1 Å². The molecule has 1 aromatic rings. The molecule has 1 aromatic carbocycles. The molecule has 4 N–H and O–H groups in total. The van der Waals surface area contributed by atoms with E-state index in [1.54, 1.807) is 12.1 Å². The molecule has 5 nitrogen and oxygen atoms in total. The van der Waals surface area contributed by atoms with Gasteiger partial charge >= 0.3 is 0 Å². The van der Waals surface area contributed by atoms with Gasteiger partial charge in [-0.2, -0.15) is 0 Å². The molecule has 0 spiro atoms. The molecule has 5 heteroatoms. The summed E-state index contributed by atoms with van der Waals surface area (Å²) in [6, 6.07) is 5.28. The van der Waals surface area contributed by atoms with Gasteiger partial charge in [-0.3, -0.25) is 9.59 Å². The van der Waals surface area contributed by atoms with Crippen molar-refractivity contribution in [1.29, 1.82) is 0 Å². The number of fused-ring (bicyclic) bond motifs is 1. The number of amides is 2. The molecule has 1 unspecified atom stereocenters. The van der Waals surface area contributed by atoms with Crippen LogP contribution < -0.4 is 16.4 Å². The normalized spacial score (nSPS) is 14.7. The van der Waals surface area contributed by atoms with Gasteiger partial charge in [-0.1, -0.05) is 19.4 Å². The van der Waals surface area contributed by atoms with Crippen LogP contribution in [0.4, 0.5) is 5.69 Å². The molecule has 0 aromatic heterocycles. The van der Waals surface area contributed by atoms with E-state index in [1.165, 1.54) is 0 Å². The highest BCUT2D eigenvalue weighted by Crippen LogP contribution is 2.23. The minimum atomic E-state index is -0.146. The number of hydrogen-bond donors (Lipinski definition) is 3. The average Bonchev–Trinajstić information content (AvgIpc) is 2.76. The van der Waals surface area contributed by atoms with E-state index in [2.05, 4.69) is 17.6 Å². The predicted molar refractivity (Wildman–Crippen MR) is 74.0 cm³/mol. The van der Waals surface area contributed by atoms with Crippen LogP contribution in [0.1, 0.15) is 35.7 Å². The lowest BCUT2D eigenvalue weighted by Crippen LogP contribution is -2.40. The van der Waals surface area contributed by atoms with Crippen LogP contribution in [0, 0.1) is 0 Å². The molecule has 0 radical (unpaired) electrons. The topological polar surface area (TPSA) is 84.2 Å². The number of benzene rings is 1. The smallest absolute Gasteiger partial charge is 0.251 e. The number of anilines is 1. The monoisotopic (exact) mass is 261 g/mol. The predicted octanol–water partition coefficient (Wildman–Crippen LogP) is 1.04. The zero-order chi connectivity index (χ0) is 13.8. The first-order valence-electron chi connectivity index (χ1n) is 6.57. The van der Waals surface area contributed by atoms with Gasteiger partial charge in [0.1, 0.15) is 0 Å². The molecular weight excluding hydrogens is 242 g/mol. The van der Waals surface area contributed by atoms with Gasteiger partial charge in [0.05, 0.1) is 6.42 Å². The fourth-order valence-corrected chi connectivity index (χ4v) is 2.22. The van der Waals surface area contributed by atoms with Gasteiger partial charge in [0, 0.05) is 23.8 Å². The molecule has 0 bridgehead atoms. The van der Waals surface area contributed by atoms with Crippen LogP contribution in [0.25, 0.3) is 0 Å². The Kier molecular flexibility index (Phi) is 4.16. The van der Waals surface area contributed by atoms with Crippen molar-refractivity contribution < 1.29 is 9.59 Å². The Morgan fingerprint density at radius 2 is 2.32 bits per heavy atom. The van der Waals surface area contributed by atoms with Crippen LogP contribution in [-0.4, -0.2) is 24.4 Å². The summed E-state index contributed by atoms with van der Waals surface area (Å²) in [4.78, 5) is 23.4. The van der Waals surface area contributed by atoms with Crippen LogP contribution >= 0.6 is 0 Å². The van der Waals surface area contributed by atoms with E-state index in [-0.39, 0.29) is 17.9 Å². The molecule has 1 aliphatic heterocycles. The van der Waals surface area contributed by atoms with Gasteiger partial charge in [-0.25, -0.2) is 0 Å². The minimum absolute atomic E-state index is 0.000320. The average molecular weight is 261 g/mol. The third-order valence-corrected chi connectivity index (χ3v) is 3.25. The Bertz CT molecular complexity index is 499. The third-order valence-electron chi connectivity index (χ3n) is 3.25. The quantitative estimate of drug-likeness (QED) is 0.740. The Morgan fingerprint density at radius 3 is 3.00 bits per heavy atom. The van der Waals surface area contributed by atoms with Crippen LogP contribution in [0.5, 0.6) is 0 Å².